The summed E-state index contributed by atoms with van der Waals surface area (Å²) in [5, 5.41) is 0.976. The fraction of sp³-hybridized carbons (Fsp3) is 0.278. The summed E-state index contributed by atoms with van der Waals surface area (Å²) in [6.07, 6.45) is 4.64. The van der Waals surface area contributed by atoms with Crippen molar-refractivity contribution in [2.75, 3.05) is 20.6 Å². The molecule has 3 rings (SSSR count). The minimum Gasteiger partial charge on any atom is -0.346 e. The van der Waals surface area contributed by atoms with E-state index in [0.29, 0.717) is 0 Å². The van der Waals surface area contributed by atoms with Crippen LogP contribution in [0.4, 0.5) is 4.39 Å². The second-order valence-corrected chi connectivity index (χ2v) is 5.81. The van der Waals surface area contributed by atoms with Gasteiger partial charge in [0.05, 0.1) is 0 Å². The monoisotopic (exact) mass is 297 g/mol. The highest BCUT2D eigenvalue weighted by Gasteiger charge is 2.10. The Bertz CT molecular complexity index is 763. The second kappa shape index (κ2) is 6.28. The second-order valence-electron chi connectivity index (χ2n) is 5.81. The molecule has 0 aliphatic rings. The van der Waals surface area contributed by atoms with Crippen molar-refractivity contribution in [3.8, 4) is 0 Å². The van der Waals surface area contributed by atoms with Gasteiger partial charge in [-0.3, -0.25) is 4.98 Å². The van der Waals surface area contributed by atoms with Crippen LogP contribution < -0.4 is 0 Å². The molecule has 0 amide bonds. The highest BCUT2D eigenvalue weighted by Crippen LogP contribution is 2.24. The van der Waals surface area contributed by atoms with Crippen molar-refractivity contribution in [1.82, 2.24) is 14.5 Å². The highest BCUT2D eigenvalue weighted by atomic mass is 19.1. The van der Waals surface area contributed by atoms with Gasteiger partial charge in [-0.15, -0.1) is 0 Å². The number of halogens is 1. The third-order valence-corrected chi connectivity index (χ3v) is 3.81. The number of rotatable bonds is 5. The molecule has 4 heteroatoms. The van der Waals surface area contributed by atoms with Gasteiger partial charge in [0.15, 0.2) is 0 Å². The molecule has 0 bridgehead atoms. The molecular weight excluding hydrogens is 277 g/mol. The molecule has 2 heterocycles. The SMILES string of the molecule is CN(C)CCn1cc(Cc2ccccn2)c2cc(F)ccc21. The number of pyridine rings is 1. The first-order valence-corrected chi connectivity index (χ1v) is 7.45. The van der Waals surface area contributed by atoms with Crippen molar-refractivity contribution >= 4 is 10.9 Å². The fourth-order valence-electron chi connectivity index (χ4n) is 2.67. The average molecular weight is 297 g/mol. The van der Waals surface area contributed by atoms with Crippen molar-refractivity contribution in [3.63, 3.8) is 0 Å². The Morgan fingerprint density at radius 3 is 2.77 bits per heavy atom. The van der Waals surface area contributed by atoms with Crippen LogP contribution in [0.2, 0.25) is 0 Å². The van der Waals surface area contributed by atoms with Crippen LogP contribution in [-0.4, -0.2) is 35.1 Å². The zero-order chi connectivity index (χ0) is 15.5. The molecule has 0 aliphatic carbocycles. The lowest BCUT2D eigenvalue weighted by atomic mass is 10.1. The number of benzene rings is 1. The van der Waals surface area contributed by atoms with Crippen LogP contribution in [0, 0.1) is 5.82 Å². The molecular formula is C18H20FN3. The number of nitrogens with zero attached hydrogens (tertiary/aromatic N) is 3. The first-order valence-electron chi connectivity index (χ1n) is 7.45. The Labute approximate surface area is 130 Å². The molecule has 2 aromatic heterocycles. The first-order chi connectivity index (χ1) is 10.6. The lowest BCUT2D eigenvalue weighted by Gasteiger charge is -2.11. The van der Waals surface area contributed by atoms with Crippen LogP contribution in [0.5, 0.6) is 0 Å². The number of likely N-dealkylation sites (N-methyl/N-ethyl adjacent to an activating group) is 1. The van der Waals surface area contributed by atoms with E-state index >= 15 is 0 Å². The number of fused-ring (bicyclic) bond motifs is 1. The molecule has 0 saturated heterocycles. The van der Waals surface area contributed by atoms with E-state index in [9.17, 15) is 4.39 Å². The van der Waals surface area contributed by atoms with Crippen molar-refractivity contribution in [2.45, 2.75) is 13.0 Å². The van der Waals surface area contributed by atoms with Crippen LogP contribution in [0.25, 0.3) is 10.9 Å². The van der Waals surface area contributed by atoms with E-state index in [1.54, 1.807) is 12.3 Å². The van der Waals surface area contributed by atoms with Gasteiger partial charge < -0.3 is 9.47 Å². The summed E-state index contributed by atoms with van der Waals surface area (Å²) in [6, 6.07) is 10.9. The predicted molar refractivity (Wildman–Crippen MR) is 87.5 cm³/mol. The molecule has 0 unspecified atom stereocenters. The van der Waals surface area contributed by atoms with E-state index in [1.807, 2.05) is 24.3 Å². The van der Waals surface area contributed by atoms with Gasteiger partial charge >= 0.3 is 0 Å². The van der Waals surface area contributed by atoms with E-state index in [1.165, 1.54) is 6.07 Å². The zero-order valence-electron chi connectivity index (χ0n) is 13.0. The van der Waals surface area contributed by atoms with Crippen molar-refractivity contribution < 1.29 is 4.39 Å². The van der Waals surface area contributed by atoms with Crippen molar-refractivity contribution in [1.29, 1.82) is 0 Å². The van der Waals surface area contributed by atoms with Crippen LogP contribution in [0.1, 0.15) is 11.3 Å². The lowest BCUT2D eigenvalue weighted by molar-refractivity contribution is 0.387. The number of aromatic nitrogens is 2. The van der Waals surface area contributed by atoms with Crippen LogP contribution in [0.15, 0.2) is 48.8 Å². The van der Waals surface area contributed by atoms with E-state index in [-0.39, 0.29) is 5.82 Å². The number of hydrogen-bond acceptors (Lipinski definition) is 2. The largest absolute Gasteiger partial charge is 0.346 e. The van der Waals surface area contributed by atoms with Gasteiger partial charge in [-0.2, -0.15) is 0 Å². The molecule has 22 heavy (non-hydrogen) atoms. The molecule has 0 radical (unpaired) electrons. The molecule has 0 spiro atoms. The fourth-order valence-corrected chi connectivity index (χ4v) is 2.67. The molecule has 1 aromatic carbocycles. The highest BCUT2D eigenvalue weighted by molar-refractivity contribution is 5.84. The molecule has 0 N–H and O–H groups in total. The summed E-state index contributed by atoms with van der Waals surface area (Å²) >= 11 is 0. The third-order valence-electron chi connectivity index (χ3n) is 3.81. The van der Waals surface area contributed by atoms with Crippen LogP contribution >= 0.6 is 0 Å². The molecule has 0 fully saturated rings. The van der Waals surface area contributed by atoms with Gasteiger partial charge in [0.1, 0.15) is 5.82 Å². The summed E-state index contributed by atoms with van der Waals surface area (Å²) in [6.45, 7) is 1.83. The van der Waals surface area contributed by atoms with E-state index in [2.05, 4.69) is 34.7 Å². The summed E-state index contributed by atoms with van der Waals surface area (Å²) in [5.74, 6) is -0.194. The molecule has 0 aliphatic heterocycles. The smallest absolute Gasteiger partial charge is 0.123 e. The summed E-state index contributed by atoms with van der Waals surface area (Å²) in [4.78, 5) is 6.52. The Balaban J connectivity index is 1.99. The maximum atomic E-state index is 13.6. The third kappa shape index (κ3) is 3.17. The summed E-state index contributed by atoms with van der Waals surface area (Å²) in [7, 11) is 4.11. The Morgan fingerprint density at radius 1 is 1.18 bits per heavy atom. The predicted octanol–water partition coefficient (Wildman–Crippen LogP) is 3.33. The van der Waals surface area contributed by atoms with Crippen LogP contribution in [-0.2, 0) is 13.0 Å². The molecule has 114 valence electrons. The summed E-state index contributed by atoms with van der Waals surface area (Å²) < 4.78 is 15.8. The zero-order valence-corrected chi connectivity index (χ0v) is 13.0. The topological polar surface area (TPSA) is 21.1 Å². The van der Waals surface area contributed by atoms with Gasteiger partial charge in [-0.25, -0.2) is 4.39 Å². The van der Waals surface area contributed by atoms with E-state index in [4.69, 9.17) is 0 Å². The lowest BCUT2D eigenvalue weighted by Crippen LogP contribution is -2.17. The van der Waals surface area contributed by atoms with Gasteiger partial charge in [-0.05, 0) is 50.0 Å². The Morgan fingerprint density at radius 2 is 2.05 bits per heavy atom. The van der Waals surface area contributed by atoms with E-state index in [0.717, 1.165) is 41.7 Å². The minimum atomic E-state index is -0.194. The molecule has 3 aromatic rings. The van der Waals surface area contributed by atoms with E-state index < -0.39 is 0 Å². The minimum absolute atomic E-state index is 0.194. The van der Waals surface area contributed by atoms with Gasteiger partial charge in [0.2, 0.25) is 0 Å². The Kier molecular flexibility index (Phi) is 4.20. The Hall–Kier alpha value is -2.20. The molecule has 0 atom stereocenters. The maximum Gasteiger partial charge on any atom is 0.123 e. The average Bonchev–Trinajstić information content (AvgIpc) is 2.83. The maximum absolute atomic E-state index is 13.6. The van der Waals surface area contributed by atoms with Gasteiger partial charge in [0.25, 0.3) is 0 Å². The quantitative estimate of drug-likeness (QED) is 0.720. The summed E-state index contributed by atoms with van der Waals surface area (Å²) in [5.41, 5.74) is 3.19. The van der Waals surface area contributed by atoms with Crippen LogP contribution in [0.3, 0.4) is 0 Å². The standard InChI is InChI=1S/C18H20FN3/c1-21(2)9-10-22-13-14(11-16-5-3-4-8-20-16)17-12-15(19)6-7-18(17)22/h3-8,12-13H,9-11H2,1-2H3. The van der Waals surface area contributed by atoms with Crippen molar-refractivity contribution in [3.05, 3.63) is 65.9 Å². The number of hydrogen-bond donors (Lipinski definition) is 0. The van der Waals surface area contributed by atoms with Gasteiger partial charge in [0, 0.05) is 48.5 Å². The normalized spacial score (nSPS) is 11.5. The van der Waals surface area contributed by atoms with Crippen molar-refractivity contribution in [2.24, 2.45) is 0 Å². The van der Waals surface area contributed by atoms with Gasteiger partial charge in [-0.1, -0.05) is 6.07 Å². The molecule has 3 nitrogen and oxygen atoms in total. The first kappa shape index (κ1) is 14.7. The molecule has 0 saturated carbocycles.